The van der Waals surface area contributed by atoms with Gasteiger partial charge in [-0.2, -0.15) is 0 Å². The zero-order chi connectivity index (χ0) is 17.4. The summed E-state index contributed by atoms with van der Waals surface area (Å²) in [5.74, 6) is 0.0717. The topological polar surface area (TPSA) is 37.6 Å². The first-order chi connectivity index (χ1) is 11.4. The molecule has 4 heteroatoms. The van der Waals surface area contributed by atoms with Crippen LogP contribution in [0.15, 0.2) is 36.5 Å². The van der Waals surface area contributed by atoms with Gasteiger partial charge in [0.15, 0.2) is 0 Å². The van der Waals surface area contributed by atoms with Gasteiger partial charge < -0.3 is 9.30 Å². The van der Waals surface area contributed by atoms with E-state index in [1.807, 2.05) is 22.7 Å². The second kappa shape index (κ2) is 6.11. The zero-order valence-electron chi connectivity index (χ0n) is 14.9. The van der Waals surface area contributed by atoms with Gasteiger partial charge in [-0.25, -0.2) is 4.98 Å². The Kier molecular flexibility index (Phi) is 4.14. The van der Waals surface area contributed by atoms with Crippen LogP contribution < -0.4 is 0 Å². The van der Waals surface area contributed by atoms with Gasteiger partial charge in [-0.05, 0) is 55.7 Å². The molecule has 2 heterocycles. The van der Waals surface area contributed by atoms with Crippen molar-refractivity contribution in [3.63, 3.8) is 0 Å². The van der Waals surface area contributed by atoms with Crippen LogP contribution in [0.25, 0.3) is 16.9 Å². The van der Waals surface area contributed by atoms with Crippen molar-refractivity contribution in [3.05, 3.63) is 58.9 Å². The predicted octanol–water partition coefficient (Wildman–Crippen LogP) is 3.56. The van der Waals surface area contributed by atoms with Gasteiger partial charge in [0.2, 0.25) is 5.91 Å². The molecule has 0 aliphatic carbocycles. The predicted molar refractivity (Wildman–Crippen MR) is 97.2 cm³/mol. The minimum atomic E-state index is 0.0717. The number of pyridine rings is 1. The highest BCUT2D eigenvalue weighted by Gasteiger charge is 2.18. The first-order valence-corrected chi connectivity index (χ1v) is 8.12. The second-order valence-corrected chi connectivity index (χ2v) is 6.60. The van der Waals surface area contributed by atoms with E-state index in [1.165, 1.54) is 11.1 Å². The van der Waals surface area contributed by atoms with Gasteiger partial charge in [-0.3, -0.25) is 4.79 Å². The zero-order valence-corrected chi connectivity index (χ0v) is 14.9. The summed E-state index contributed by atoms with van der Waals surface area (Å²) in [6.45, 7) is 6.25. The van der Waals surface area contributed by atoms with Crippen molar-refractivity contribution in [2.24, 2.45) is 0 Å². The highest BCUT2D eigenvalue weighted by molar-refractivity contribution is 5.81. The molecule has 0 aliphatic heterocycles. The van der Waals surface area contributed by atoms with Crippen molar-refractivity contribution in [3.8, 4) is 11.3 Å². The third-order valence-electron chi connectivity index (χ3n) is 4.48. The molecular formula is C20H23N3O. The molecule has 3 aromatic rings. The second-order valence-electron chi connectivity index (χ2n) is 6.60. The maximum Gasteiger partial charge on any atom is 0.228 e. The summed E-state index contributed by atoms with van der Waals surface area (Å²) in [5, 5.41) is 0. The summed E-state index contributed by atoms with van der Waals surface area (Å²) in [5.41, 5.74) is 7.40. The van der Waals surface area contributed by atoms with Gasteiger partial charge in [0.25, 0.3) is 0 Å². The lowest BCUT2D eigenvalue weighted by Crippen LogP contribution is -2.24. The fourth-order valence-corrected chi connectivity index (χ4v) is 2.79. The number of hydrogen-bond donors (Lipinski definition) is 0. The number of nitrogens with zero attached hydrogens (tertiary/aromatic N) is 3. The molecule has 0 atom stereocenters. The number of aromatic nitrogens is 2. The Balaban J connectivity index is 2.21. The van der Waals surface area contributed by atoms with Gasteiger partial charge in [0, 0.05) is 25.9 Å². The Morgan fingerprint density at radius 2 is 1.83 bits per heavy atom. The summed E-state index contributed by atoms with van der Waals surface area (Å²) in [7, 11) is 3.57. The lowest BCUT2D eigenvalue weighted by Gasteiger charge is -2.12. The molecule has 1 amide bonds. The minimum Gasteiger partial charge on any atom is -0.348 e. The van der Waals surface area contributed by atoms with Gasteiger partial charge in [-0.15, -0.1) is 0 Å². The van der Waals surface area contributed by atoms with Crippen LogP contribution >= 0.6 is 0 Å². The lowest BCUT2D eigenvalue weighted by atomic mass is 10.0. The quantitative estimate of drug-likeness (QED) is 0.740. The SMILES string of the molecule is Cc1ccn2c(CC(=O)N(C)C)c(-c3ccc(C)c(C)c3)nc2c1. The molecule has 0 N–H and O–H groups in total. The van der Waals surface area contributed by atoms with Crippen LogP contribution in [0.5, 0.6) is 0 Å². The fraction of sp³-hybridized carbons (Fsp3) is 0.300. The highest BCUT2D eigenvalue weighted by Crippen LogP contribution is 2.27. The van der Waals surface area contributed by atoms with Crippen LogP contribution in [-0.4, -0.2) is 34.3 Å². The van der Waals surface area contributed by atoms with E-state index in [0.717, 1.165) is 28.2 Å². The Morgan fingerprint density at radius 3 is 2.50 bits per heavy atom. The number of imidazole rings is 1. The van der Waals surface area contributed by atoms with E-state index in [-0.39, 0.29) is 5.91 Å². The van der Waals surface area contributed by atoms with E-state index in [9.17, 15) is 4.79 Å². The number of rotatable bonds is 3. The van der Waals surface area contributed by atoms with Crippen LogP contribution in [0.2, 0.25) is 0 Å². The number of carbonyl (C=O) groups excluding carboxylic acids is 1. The Morgan fingerprint density at radius 1 is 1.08 bits per heavy atom. The first kappa shape index (κ1) is 16.2. The molecule has 0 spiro atoms. The molecule has 4 nitrogen and oxygen atoms in total. The molecule has 1 aromatic carbocycles. The molecule has 0 unspecified atom stereocenters. The van der Waals surface area contributed by atoms with Crippen LogP contribution in [-0.2, 0) is 11.2 Å². The van der Waals surface area contributed by atoms with Gasteiger partial charge in [0.1, 0.15) is 5.65 Å². The summed E-state index contributed by atoms with van der Waals surface area (Å²) in [6.07, 6.45) is 2.33. The van der Waals surface area contributed by atoms with Gasteiger partial charge in [0.05, 0.1) is 17.8 Å². The molecule has 0 saturated heterocycles. The van der Waals surface area contributed by atoms with Crippen molar-refractivity contribution in [2.75, 3.05) is 14.1 Å². The number of carbonyl (C=O) groups is 1. The van der Waals surface area contributed by atoms with Crippen LogP contribution in [0, 0.1) is 20.8 Å². The summed E-state index contributed by atoms with van der Waals surface area (Å²) >= 11 is 0. The minimum absolute atomic E-state index is 0.0717. The normalized spacial score (nSPS) is 11.0. The lowest BCUT2D eigenvalue weighted by molar-refractivity contribution is -0.128. The molecular weight excluding hydrogens is 298 g/mol. The van der Waals surface area contributed by atoms with E-state index in [1.54, 1.807) is 19.0 Å². The fourth-order valence-electron chi connectivity index (χ4n) is 2.79. The monoisotopic (exact) mass is 321 g/mol. The summed E-state index contributed by atoms with van der Waals surface area (Å²) in [6, 6.07) is 10.4. The van der Waals surface area contributed by atoms with Crippen LogP contribution in [0.3, 0.4) is 0 Å². The van der Waals surface area contributed by atoms with E-state index < -0.39 is 0 Å². The Hall–Kier alpha value is -2.62. The molecule has 2 aromatic heterocycles. The molecule has 24 heavy (non-hydrogen) atoms. The number of aryl methyl sites for hydroxylation is 3. The van der Waals surface area contributed by atoms with Gasteiger partial charge >= 0.3 is 0 Å². The van der Waals surface area contributed by atoms with Crippen molar-refractivity contribution in [1.82, 2.24) is 14.3 Å². The first-order valence-electron chi connectivity index (χ1n) is 8.12. The Labute approximate surface area is 142 Å². The average molecular weight is 321 g/mol. The highest BCUT2D eigenvalue weighted by atomic mass is 16.2. The number of fused-ring (bicyclic) bond motifs is 1. The molecule has 0 saturated carbocycles. The molecule has 3 rings (SSSR count). The van der Waals surface area contributed by atoms with Crippen molar-refractivity contribution in [1.29, 1.82) is 0 Å². The number of benzene rings is 1. The number of likely N-dealkylation sites (N-methyl/N-ethyl adjacent to an activating group) is 1. The smallest absolute Gasteiger partial charge is 0.228 e. The summed E-state index contributed by atoms with van der Waals surface area (Å²) < 4.78 is 2.03. The maximum absolute atomic E-state index is 12.3. The van der Waals surface area contributed by atoms with E-state index >= 15 is 0 Å². The van der Waals surface area contributed by atoms with Crippen molar-refractivity contribution >= 4 is 11.6 Å². The maximum atomic E-state index is 12.3. The van der Waals surface area contributed by atoms with Crippen LogP contribution in [0.1, 0.15) is 22.4 Å². The van der Waals surface area contributed by atoms with Crippen LogP contribution in [0.4, 0.5) is 0 Å². The van der Waals surface area contributed by atoms with E-state index in [0.29, 0.717) is 6.42 Å². The molecule has 0 fully saturated rings. The molecule has 0 radical (unpaired) electrons. The number of hydrogen-bond acceptors (Lipinski definition) is 2. The molecule has 0 aliphatic rings. The third kappa shape index (κ3) is 2.92. The van der Waals surface area contributed by atoms with Crippen molar-refractivity contribution < 1.29 is 4.79 Å². The number of amides is 1. The standard InChI is InChI=1S/C20H23N3O/c1-13-8-9-23-17(12-19(24)22(4)5)20(21-18(23)10-13)16-7-6-14(2)15(3)11-16/h6-11H,12H2,1-5H3. The third-order valence-corrected chi connectivity index (χ3v) is 4.48. The Bertz CT molecular complexity index is 922. The molecule has 0 bridgehead atoms. The average Bonchev–Trinajstić information content (AvgIpc) is 2.87. The van der Waals surface area contributed by atoms with E-state index in [2.05, 4.69) is 39.0 Å². The molecule has 124 valence electrons. The van der Waals surface area contributed by atoms with Crippen molar-refractivity contribution in [2.45, 2.75) is 27.2 Å². The van der Waals surface area contributed by atoms with E-state index in [4.69, 9.17) is 4.98 Å². The van der Waals surface area contributed by atoms with Gasteiger partial charge in [-0.1, -0.05) is 12.1 Å². The largest absolute Gasteiger partial charge is 0.348 e. The summed E-state index contributed by atoms with van der Waals surface area (Å²) in [4.78, 5) is 18.8.